The van der Waals surface area contributed by atoms with E-state index in [2.05, 4.69) is 24.0 Å². The third-order valence-electron chi connectivity index (χ3n) is 3.03. The summed E-state index contributed by atoms with van der Waals surface area (Å²) in [7, 11) is -3.74. The molecule has 0 fully saturated rings. The van der Waals surface area contributed by atoms with Crippen LogP contribution in [0.25, 0.3) is 0 Å². The van der Waals surface area contributed by atoms with Crippen LogP contribution < -0.4 is 5.14 Å². The number of hydrogen-bond donors (Lipinski definition) is 1. The van der Waals surface area contributed by atoms with Crippen LogP contribution in [0.15, 0.2) is 35.5 Å². The molecule has 0 bridgehead atoms. The van der Waals surface area contributed by atoms with Gasteiger partial charge in [0.2, 0.25) is 0 Å². The maximum Gasteiger partial charge on any atom is 0.257 e. The molecule has 0 unspecified atom stereocenters. The van der Waals surface area contributed by atoms with Crippen LogP contribution in [0.4, 0.5) is 0 Å². The molecule has 0 radical (unpaired) electrons. The van der Waals surface area contributed by atoms with Gasteiger partial charge in [-0.25, -0.2) is 18.5 Å². The lowest BCUT2D eigenvalue weighted by molar-refractivity contribution is 0.594. The van der Waals surface area contributed by atoms with E-state index in [9.17, 15) is 8.42 Å². The highest BCUT2D eigenvalue weighted by Gasteiger charge is 2.14. The SMILES string of the molecule is CCc1ccc(Cn2cc(S(N)(=O)=O)nc2C)cc1. The van der Waals surface area contributed by atoms with Gasteiger partial charge >= 0.3 is 0 Å². The Morgan fingerprint density at radius 2 is 1.79 bits per heavy atom. The minimum absolute atomic E-state index is 0.0878. The molecule has 2 aromatic rings. The predicted molar refractivity (Wildman–Crippen MR) is 73.3 cm³/mol. The zero-order valence-corrected chi connectivity index (χ0v) is 11.8. The van der Waals surface area contributed by atoms with Gasteiger partial charge in [-0.15, -0.1) is 0 Å². The first-order valence-corrected chi connectivity index (χ1v) is 7.59. The lowest BCUT2D eigenvalue weighted by Gasteiger charge is -2.05. The Morgan fingerprint density at radius 1 is 1.21 bits per heavy atom. The number of sulfonamides is 1. The maximum absolute atomic E-state index is 11.2. The highest BCUT2D eigenvalue weighted by molar-refractivity contribution is 7.89. The van der Waals surface area contributed by atoms with Crippen molar-refractivity contribution >= 4 is 10.0 Å². The highest BCUT2D eigenvalue weighted by Crippen LogP contribution is 2.11. The van der Waals surface area contributed by atoms with Crippen molar-refractivity contribution in [3.8, 4) is 0 Å². The van der Waals surface area contributed by atoms with Crippen molar-refractivity contribution in [2.75, 3.05) is 0 Å². The molecule has 0 saturated carbocycles. The lowest BCUT2D eigenvalue weighted by atomic mass is 10.1. The normalized spacial score (nSPS) is 11.7. The Hall–Kier alpha value is -1.66. The molecular formula is C13H17N3O2S. The average molecular weight is 279 g/mol. The first-order valence-electron chi connectivity index (χ1n) is 6.04. The molecule has 1 aromatic carbocycles. The number of primary sulfonamides is 1. The van der Waals surface area contributed by atoms with E-state index >= 15 is 0 Å². The van der Waals surface area contributed by atoms with Crippen LogP contribution in [-0.2, 0) is 23.0 Å². The van der Waals surface area contributed by atoms with Crippen LogP contribution in [-0.4, -0.2) is 18.0 Å². The second kappa shape index (κ2) is 5.14. The average Bonchev–Trinajstić information content (AvgIpc) is 2.72. The Morgan fingerprint density at radius 3 is 2.26 bits per heavy atom. The number of hydrogen-bond acceptors (Lipinski definition) is 3. The van der Waals surface area contributed by atoms with Crippen molar-refractivity contribution in [1.29, 1.82) is 0 Å². The number of benzene rings is 1. The van der Waals surface area contributed by atoms with Gasteiger partial charge in [0.15, 0.2) is 5.03 Å². The van der Waals surface area contributed by atoms with E-state index < -0.39 is 10.0 Å². The molecule has 5 nitrogen and oxygen atoms in total. The Kier molecular flexibility index (Phi) is 3.73. The molecule has 0 atom stereocenters. The fourth-order valence-corrected chi connectivity index (χ4v) is 2.39. The lowest BCUT2D eigenvalue weighted by Crippen LogP contribution is -2.12. The molecule has 0 amide bonds. The van der Waals surface area contributed by atoms with Gasteiger partial charge in [0.1, 0.15) is 5.82 Å². The summed E-state index contributed by atoms with van der Waals surface area (Å²) in [6, 6.07) is 8.22. The molecule has 102 valence electrons. The van der Waals surface area contributed by atoms with Gasteiger partial charge in [0.25, 0.3) is 10.0 Å². The van der Waals surface area contributed by atoms with E-state index in [1.807, 2.05) is 12.1 Å². The third-order valence-corrected chi connectivity index (χ3v) is 3.81. The monoisotopic (exact) mass is 279 g/mol. The number of nitrogens with two attached hydrogens (primary N) is 1. The van der Waals surface area contributed by atoms with Crippen LogP contribution in [0.2, 0.25) is 0 Å². The minimum atomic E-state index is -3.74. The Labute approximate surface area is 113 Å². The van der Waals surface area contributed by atoms with Gasteiger partial charge in [0, 0.05) is 12.7 Å². The number of aromatic nitrogens is 2. The first-order chi connectivity index (χ1) is 8.90. The smallest absolute Gasteiger partial charge is 0.257 e. The second-order valence-electron chi connectivity index (χ2n) is 4.47. The summed E-state index contributed by atoms with van der Waals surface area (Å²) in [5.41, 5.74) is 2.37. The van der Waals surface area contributed by atoms with Crippen LogP contribution in [0.3, 0.4) is 0 Å². The van der Waals surface area contributed by atoms with E-state index in [0.29, 0.717) is 12.4 Å². The molecule has 1 aromatic heterocycles. The van der Waals surface area contributed by atoms with Crippen molar-refractivity contribution in [3.05, 3.63) is 47.4 Å². The van der Waals surface area contributed by atoms with Crippen LogP contribution in [0.1, 0.15) is 23.9 Å². The molecule has 6 heteroatoms. The molecule has 19 heavy (non-hydrogen) atoms. The van der Waals surface area contributed by atoms with Gasteiger partial charge in [-0.2, -0.15) is 0 Å². The predicted octanol–water partition coefficient (Wildman–Crippen LogP) is 1.45. The molecule has 0 saturated heterocycles. The molecular weight excluding hydrogens is 262 g/mol. The number of rotatable bonds is 4. The fourth-order valence-electron chi connectivity index (χ4n) is 1.85. The maximum atomic E-state index is 11.2. The van der Waals surface area contributed by atoms with Crippen molar-refractivity contribution in [1.82, 2.24) is 9.55 Å². The zero-order chi connectivity index (χ0) is 14.0. The third kappa shape index (κ3) is 3.21. The number of imidazole rings is 1. The van der Waals surface area contributed by atoms with Crippen molar-refractivity contribution in [3.63, 3.8) is 0 Å². The summed E-state index contributed by atoms with van der Waals surface area (Å²) in [6.07, 6.45) is 2.47. The molecule has 2 rings (SSSR count). The Balaban J connectivity index is 2.25. The number of aryl methyl sites for hydroxylation is 2. The summed E-state index contributed by atoms with van der Waals surface area (Å²) in [6.45, 7) is 4.45. The molecule has 2 N–H and O–H groups in total. The summed E-state index contributed by atoms with van der Waals surface area (Å²) in [5, 5.41) is 4.98. The largest absolute Gasteiger partial charge is 0.329 e. The molecule has 0 spiro atoms. The Bertz CT molecular complexity index is 672. The molecule has 1 heterocycles. The van der Waals surface area contributed by atoms with E-state index in [-0.39, 0.29) is 5.03 Å². The second-order valence-corrected chi connectivity index (χ2v) is 5.98. The van der Waals surface area contributed by atoms with E-state index in [4.69, 9.17) is 5.14 Å². The first kappa shape index (κ1) is 13.8. The van der Waals surface area contributed by atoms with E-state index in [0.717, 1.165) is 12.0 Å². The molecule has 0 aliphatic rings. The summed E-state index contributed by atoms with van der Waals surface area (Å²) < 4.78 is 24.3. The molecule has 0 aliphatic carbocycles. The van der Waals surface area contributed by atoms with Crippen molar-refractivity contribution < 1.29 is 8.42 Å². The topological polar surface area (TPSA) is 78.0 Å². The summed E-state index contributed by atoms with van der Waals surface area (Å²) in [4.78, 5) is 3.96. The van der Waals surface area contributed by atoms with Gasteiger partial charge in [-0.05, 0) is 24.5 Å². The van der Waals surface area contributed by atoms with Crippen molar-refractivity contribution in [2.24, 2.45) is 5.14 Å². The van der Waals surface area contributed by atoms with E-state index in [1.54, 1.807) is 11.5 Å². The highest BCUT2D eigenvalue weighted by atomic mass is 32.2. The fraction of sp³-hybridized carbons (Fsp3) is 0.308. The van der Waals surface area contributed by atoms with Crippen LogP contribution >= 0.6 is 0 Å². The zero-order valence-electron chi connectivity index (χ0n) is 11.0. The van der Waals surface area contributed by atoms with Gasteiger partial charge in [-0.1, -0.05) is 31.2 Å². The van der Waals surface area contributed by atoms with E-state index in [1.165, 1.54) is 11.8 Å². The van der Waals surface area contributed by atoms with Crippen molar-refractivity contribution in [2.45, 2.75) is 31.8 Å². The standard InChI is InChI=1S/C13H17N3O2S/c1-3-11-4-6-12(7-5-11)8-16-9-13(15-10(16)2)19(14,17)18/h4-7,9H,3,8H2,1-2H3,(H2,14,17,18). The minimum Gasteiger partial charge on any atom is -0.329 e. The summed E-state index contributed by atoms with van der Waals surface area (Å²) >= 11 is 0. The van der Waals surface area contributed by atoms with Crippen LogP contribution in [0, 0.1) is 6.92 Å². The number of nitrogens with zero attached hydrogens (tertiary/aromatic N) is 2. The van der Waals surface area contributed by atoms with Gasteiger partial charge < -0.3 is 4.57 Å². The van der Waals surface area contributed by atoms with Gasteiger partial charge in [0.05, 0.1) is 0 Å². The van der Waals surface area contributed by atoms with Gasteiger partial charge in [-0.3, -0.25) is 0 Å². The van der Waals surface area contributed by atoms with Crippen LogP contribution in [0.5, 0.6) is 0 Å². The summed E-state index contributed by atoms with van der Waals surface area (Å²) in [5.74, 6) is 0.628. The molecule has 0 aliphatic heterocycles. The quantitative estimate of drug-likeness (QED) is 0.920.